The molecule has 2 heterocycles. The number of likely N-dealkylation sites (tertiary alicyclic amines) is 1. The standard InChI is InChI=1S/C21H21FN4O2/c1-2-14-6-3-4-7-17(14)23-21(27)26-13-5-8-18(26)20-24-19(25-28-20)15-9-11-16(22)12-10-15/h3-4,6-7,9-12,18H,2,5,8,13H2,1H3,(H,23,27). The Morgan fingerprint density at radius 2 is 2.04 bits per heavy atom. The monoisotopic (exact) mass is 380 g/mol. The van der Waals surface area contributed by atoms with Crippen molar-refractivity contribution in [2.45, 2.75) is 32.2 Å². The second-order valence-electron chi connectivity index (χ2n) is 6.76. The largest absolute Gasteiger partial charge is 0.337 e. The summed E-state index contributed by atoms with van der Waals surface area (Å²) in [5, 5.41) is 7.00. The van der Waals surface area contributed by atoms with Gasteiger partial charge in [0, 0.05) is 17.8 Å². The molecule has 0 radical (unpaired) electrons. The second-order valence-corrected chi connectivity index (χ2v) is 6.76. The lowest BCUT2D eigenvalue weighted by molar-refractivity contribution is 0.193. The molecular formula is C21H21FN4O2. The Bertz CT molecular complexity index is 971. The van der Waals surface area contributed by atoms with Crippen LogP contribution in [0.25, 0.3) is 11.4 Å². The van der Waals surface area contributed by atoms with Gasteiger partial charge < -0.3 is 14.7 Å². The smallest absolute Gasteiger partial charge is 0.322 e. The van der Waals surface area contributed by atoms with Gasteiger partial charge in [-0.1, -0.05) is 30.3 Å². The molecule has 3 aromatic rings. The summed E-state index contributed by atoms with van der Waals surface area (Å²) in [6.07, 6.45) is 2.46. The first-order chi connectivity index (χ1) is 13.7. The third-order valence-corrected chi connectivity index (χ3v) is 4.98. The van der Waals surface area contributed by atoms with E-state index < -0.39 is 0 Å². The molecule has 0 aliphatic carbocycles. The van der Waals surface area contributed by atoms with Crippen LogP contribution in [0.2, 0.25) is 0 Å². The van der Waals surface area contributed by atoms with Crippen LogP contribution in [0.4, 0.5) is 14.9 Å². The minimum atomic E-state index is -0.321. The van der Waals surface area contributed by atoms with E-state index in [1.807, 2.05) is 24.3 Å². The molecular weight excluding hydrogens is 359 g/mol. The predicted molar refractivity (Wildman–Crippen MR) is 103 cm³/mol. The van der Waals surface area contributed by atoms with Gasteiger partial charge in [-0.25, -0.2) is 9.18 Å². The van der Waals surface area contributed by atoms with Gasteiger partial charge in [-0.05, 0) is 55.2 Å². The topological polar surface area (TPSA) is 71.3 Å². The average molecular weight is 380 g/mol. The Kier molecular flexibility index (Phi) is 5.06. The zero-order valence-electron chi connectivity index (χ0n) is 15.6. The van der Waals surface area contributed by atoms with Crippen molar-refractivity contribution in [1.82, 2.24) is 15.0 Å². The fraction of sp³-hybridized carbons (Fsp3) is 0.286. The zero-order valence-corrected chi connectivity index (χ0v) is 15.6. The van der Waals surface area contributed by atoms with Crippen LogP contribution in [0.5, 0.6) is 0 Å². The van der Waals surface area contributed by atoms with E-state index in [-0.39, 0.29) is 17.9 Å². The maximum absolute atomic E-state index is 13.1. The lowest BCUT2D eigenvalue weighted by atomic mass is 10.1. The van der Waals surface area contributed by atoms with Gasteiger partial charge in [0.15, 0.2) is 0 Å². The molecule has 1 fully saturated rings. The first-order valence-corrected chi connectivity index (χ1v) is 9.40. The number of aromatic nitrogens is 2. The third kappa shape index (κ3) is 3.60. The highest BCUT2D eigenvalue weighted by Gasteiger charge is 2.34. The summed E-state index contributed by atoms with van der Waals surface area (Å²) in [5.74, 6) is 0.466. The van der Waals surface area contributed by atoms with Crippen LogP contribution in [-0.4, -0.2) is 27.6 Å². The number of amides is 2. The van der Waals surface area contributed by atoms with Crippen LogP contribution in [0.3, 0.4) is 0 Å². The van der Waals surface area contributed by atoms with Crippen LogP contribution in [-0.2, 0) is 6.42 Å². The Morgan fingerprint density at radius 3 is 2.82 bits per heavy atom. The lowest BCUT2D eigenvalue weighted by Gasteiger charge is -2.23. The third-order valence-electron chi connectivity index (χ3n) is 4.98. The molecule has 1 saturated heterocycles. The van der Waals surface area contributed by atoms with Crippen LogP contribution >= 0.6 is 0 Å². The molecule has 7 heteroatoms. The number of aryl methyl sites for hydroxylation is 1. The van der Waals surface area contributed by atoms with E-state index in [2.05, 4.69) is 22.4 Å². The van der Waals surface area contributed by atoms with E-state index in [4.69, 9.17) is 4.52 Å². The van der Waals surface area contributed by atoms with Crippen molar-refractivity contribution >= 4 is 11.7 Å². The van der Waals surface area contributed by atoms with Crippen molar-refractivity contribution in [3.8, 4) is 11.4 Å². The summed E-state index contributed by atoms with van der Waals surface area (Å²) in [6, 6.07) is 13.2. The van der Waals surface area contributed by atoms with Gasteiger partial charge in [-0.3, -0.25) is 0 Å². The number of benzene rings is 2. The van der Waals surface area contributed by atoms with Crippen molar-refractivity contribution in [1.29, 1.82) is 0 Å². The van der Waals surface area contributed by atoms with Crippen LogP contribution in [0.1, 0.15) is 37.3 Å². The van der Waals surface area contributed by atoms with E-state index >= 15 is 0 Å². The van der Waals surface area contributed by atoms with Crippen molar-refractivity contribution in [3.63, 3.8) is 0 Å². The number of para-hydroxylation sites is 1. The summed E-state index contributed by atoms with van der Waals surface area (Å²) >= 11 is 0. The van der Waals surface area contributed by atoms with Gasteiger partial charge in [0.1, 0.15) is 11.9 Å². The molecule has 144 valence electrons. The van der Waals surface area contributed by atoms with Gasteiger partial charge in [-0.2, -0.15) is 4.98 Å². The molecule has 1 aromatic heterocycles. The molecule has 0 spiro atoms. The lowest BCUT2D eigenvalue weighted by Crippen LogP contribution is -2.34. The maximum Gasteiger partial charge on any atom is 0.322 e. The Labute approximate surface area is 162 Å². The molecule has 2 aromatic carbocycles. The van der Waals surface area contributed by atoms with Crippen LogP contribution in [0, 0.1) is 5.82 Å². The number of carbonyl (C=O) groups is 1. The number of anilines is 1. The molecule has 1 aliphatic heterocycles. The van der Waals surface area contributed by atoms with E-state index in [0.717, 1.165) is 30.5 Å². The molecule has 0 bridgehead atoms. The highest BCUT2D eigenvalue weighted by Crippen LogP contribution is 2.32. The SMILES string of the molecule is CCc1ccccc1NC(=O)N1CCCC1c1nc(-c2ccc(F)cc2)no1. The number of hydrogen-bond acceptors (Lipinski definition) is 4. The molecule has 28 heavy (non-hydrogen) atoms. The van der Waals surface area contributed by atoms with E-state index in [9.17, 15) is 9.18 Å². The van der Waals surface area contributed by atoms with Gasteiger partial charge in [-0.15, -0.1) is 0 Å². The fourth-order valence-electron chi connectivity index (χ4n) is 3.49. The number of hydrogen-bond donors (Lipinski definition) is 1. The average Bonchev–Trinajstić information content (AvgIpc) is 3.38. The number of halogens is 1. The normalized spacial score (nSPS) is 16.4. The number of carbonyl (C=O) groups excluding carboxylic acids is 1. The quantitative estimate of drug-likeness (QED) is 0.705. The summed E-state index contributed by atoms with van der Waals surface area (Å²) < 4.78 is 18.5. The van der Waals surface area contributed by atoms with Crippen LogP contribution in [0.15, 0.2) is 53.1 Å². The van der Waals surface area contributed by atoms with Crippen molar-refractivity contribution in [2.75, 3.05) is 11.9 Å². The molecule has 1 unspecified atom stereocenters. The van der Waals surface area contributed by atoms with Gasteiger partial charge in [0.05, 0.1) is 0 Å². The molecule has 6 nitrogen and oxygen atoms in total. The van der Waals surface area contributed by atoms with Crippen molar-refractivity contribution in [2.24, 2.45) is 0 Å². The molecule has 1 aliphatic rings. The van der Waals surface area contributed by atoms with Gasteiger partial charge >= 0.3 is 6.03 Å². The highest BCUT2D eigenvalue weighted by atomic mass is 19.1. The summed E-state index contributed by atoms with van der Waals surface area (Å²) in [7, 11) is 0. The van der Waals surface area contributed by atoms with E-state index in [0.29, 0.717) is 23.8 Å². The second kappa shape index (κ2) is 7.80. The first kappa shape index (κ1) is 18.2. The Balaban J connectivity index is 1.52. The maximum atomic E-state index is 13.1. The molecule has 2 amide bonds. The van der Waals surface area contributed by atoms with Gasteiger partial charge in [0.25, 0.3) is 0 Å². The number of rotatable bonds is 4. The molecule has 4 rings (SSSR count). The summed E-state index contributed by atoms with van der Waals surface area (Å²) in [5.41, 5.74) is 2.57. The minimum absolute atomic E-state index is 0.176. The number of nitrogens with one attached hydrogen (secondary N) is 1. The van der Waals surface area contributed by atoms with E-state index in [1.165, 1.54) is 12.1 Å². The fourth-order valence-corrected chi connectivity index (χ4v) is 3.49. The number of urea groups is 1. The first-order valence-electron chi connectivity index (χ1n) is 9.40. The van der Waals surface area contributed by atoms with Crippen molar-refractivity contribution in [3.05, 3.63) is 65.8 Å². The van der Waals surface area contributed by atoms with Crippen LogP contribution < -0.4 is 5.32 Å². The van der Waals surface area contributed by atoms with Gasteiger partial charge in [0.2, 0.25) is 11.7 Å². The van der Waals surface area contributed by atoms with E-state index in [1.54, 1.807) is 17.0 Å². The Morgan fingerprint density at radius 1 is 1.25 bits per heavy atom. The Hall–Kier alpha value is -3.22. The summed E-state index contributed by atoms with van der Waals surface area (Å²) in [6.45, 7) is 2.68. The minimum Gasteiger partial charge on any atom is -0.337 e. The number of nitrogens with zero attached hydrogens (tertiary/aromatic N) is 3. The van der Waals surface area contributed by atoms with Crippen molar-refractivity contribution < 1.29 is 13.7 Å². The molecule has 1 N–H and O–H groups in total. The predicted octanol–water partition coefficient (Wildman–Crippen LogP) is 4.81. The molecule has 1 atom stereocenters. The zero-order chi connectivity index (χ0) is 19.5. The summed E-state index contributed by atoms with van der Waals surface area (Å²) in [4.78, 5) is 19.0. The molecule has 0 saturated carbocycles. The highest BCUT2D eigenvalue weighted by molar-refractivity contribution is 5.90.